The highest BCUT2D eigenvalue weighted by molar-refractivity contribution is 4.86. The largest absolute Gasteiger partial charge is 0.381 e. The zero-order valence-corrected chi connectivity index (χ0v) is 9.21. The van der Waals surface area contributed by atoms with Gasteiger partial charge in [0.05, 0.1) is 19.8 Å². The van der Waals surface area contributed by atoms with Crippen molar-refractivity contribution < 1.29 is 9.47 Å². The fourth-order valence-corrected chi connectivity index (χ4v) is 2.11. The molecule has 3 heteroatoms. The van der Waals surface area contributed by atoms with Crippen LogP contribution in [0.15, 0.2) is 0 Å². The minimum atomic E-state index is 0.387. The first-order valence-corrected chi connectivity index (χ1v) is 5.58. The molecular weight excluding hydrogens is 178 g/mol. The van der Waals surface area contributed by atoms with Crippen LogP contribution in [-0.2, 0) is 9.47 Å². The van der Waals surface area contributed by atoms with Crippen LogP contribution in [0.4, 0.5) is 0 Å². The van der Waals surface area contributed by atoms with Gasteiger partial charge < -0.3 is 14.8 Å². The summed E-state index contributed by atoms with van der Waals surface area (Å²) in [6, 6.07) is 0.640. The summed E-state index contributed by atoms with van der Waals surface area (Å²) in [5.74, 6) is 0.647. The Bertz CT molecular complexity index is 192. The summed E-state index contributed by atoms with van der Waals surface area (Å²) in [4.78, 5) is 0. The van der Waals surface area contributed by atoms with E-state index in [-0.39, 0.29) is 0 Å². The van der Waals surface area contributed by atoms with Crippen LogP contribution < -0.4 is 5.32 Å². The summed E-state index contributed by atoms with van der Waals surface area (Å²) in [7, 11) is 0. The summed E-state index contributed by atoms with van der Waals surface area (Å²) in [6.45, 7) is 9.28. The molecule has 0 aliphatic carbocycles. The van der Waals surface area contributed by atoms with E-state index < -0.39 is 0 Å². The van der Waals surface area contributed by atoms with Crippen LogP contribution in [0.3, 0.4) is 0 Å². The van der Waals surface area contributed by atoms with Crippen molar-refractivity contribution in [2.24, 2.45) is 11.3 Å². The average Bonchev–Trinajstić information content (AvgIpc) is 2.14. The number of rotatable bonds is 3. The van der Waals surface area contributed by atoms with Gasteiger partial charge in [-0.25, -0.2) is 0 Å². The summed E-state index contributed by atoms with van der Waals surface area (Å²) >= 11 is 0. The molecule has 2 unspecified atom stereocenters. The van der Waals surface area contributed by atoms with Crippen LogP contribution in [0.5, 0.6) is 0 Å². The molecule has 2 aliphatic rings. The molecule has 82 valence electrons. The van der Waals surface area contributed by atoms with E-state index in [1.807, 2.05) is 0 Å². The molecule has 1 N–H and O–H groups in total. The number of ether oxygens (including phenoxy) is 2. The van der Waals surface area contributed by atoms with Gasteiger partial charge in [-0.2, -0.15) is 0 Å². The van der Waals surface area contributed by atoms with E-state index >= 15 is 0 Å². The van der Waals surface area contributed by atoms with Crippen molar-refractivity contribution in [1.82, 2.24) is 5.32 Å². The fourth-order valence-electron chi connectivity index (χ4n) is 2.11. The van der Waals surface area contributed by atoms with E-state index in [1.54, 1.807) is 0 Å². The average molecular weight is 199 g/mol. The van der Waals surface area contributed by atoms with E-state index in [1.165, 1.54) is 0 Å². The van der Waals surface area contributed by atoms with Gasteiger partial charge in [-0.05, 0) is 12.3 Å². The van der Waals surface area contributed by atoms with Crippen molar-refractivity contribution in [3.8, 4) is 0 Å². The fraction of sp³-hybridized carbons (Fsp3) is 1.00. The molecule has 2 aliphatic heterocycles. The summed E-state index contributed by atoms with van der Waals surface area (Å²) < 4.78 is 10.7. The lowest BCUT2D eigenvalue weighted by molar-refractivity contribution is -0.102. The van der Waals surface area contributed by atoms with Crippen LogP contribution >= 0.6 is 0 Å². The minimum absolute atomic E-state index is 0.387. The SMILES string of the molecule is CC1COCCC1NCC1(C)COC1. The van der Waals surface area contributed by atoms with Gasteiger partial charge in [0.1, 0.15) is 0 Å². The van der Waals surface area contributed by atoms with E-state index in [0.29, 0.717) is 17.4 Å². The lowest BCUT2D eigenvalue weighted by Gasteiger charge is -2.40. The van der Waals surface area contributed by atoms with Crippen molar-refractivity contribution in [3.05, 3.63) is 0 Å². The standard InChI is InChI=1S/C11H21NO2/c1-9-5-13-4-3-10(9)12-6-11(2)7-14-8-11/h9-10,12H,3-8H2,1-2H3. The molecule has 0 bridgehead atoms. The first kappa shape index (κ1) is 10.4. The highest BCUT2D eigenvalue weighted by Gasteiger charge is 2.34. The second-order valence-corrected chi connectivity index (χ2v) is 5.13. The van der Waals surface area contributed by atoms with Crippen LogP contribution in [-0.4, -0.2) is 39.0 Å². The van der Waals surface area contributed by atoms with Crippen LogP contribution in [0.1, 0.15) is 20.3 Å². The van der Waals surface area contributed by atoms with Crippen molar-refractivity contribution in [1.29, 1.82) is 0 Å². The number of nitrogens with one attached hydrogen (secondary N) is 1. The maximum absolute atomic E-state index is 5.42. The molecule has 0 spiro atoms. The molecule has 2 atom stereocenters. The number of hydrogen-bond donors (Lipinski definition) is 1. The lowest BCUT2D eigenvalue weighted by Crippen LogP contribution is -2.52. The highest BCUT2D eigenvalue weighted by Crippen LogP contribution is 2.26. The van der Waals surface area contributed by atoms with Crippen molar-refractivity contribution >= 4 is 0 Å². The van der Waals surface area contributed by atoms with Crippen LogP contribution in [0.25, 0.3) is 0 Å². The van der Waals surface area contributed by atoms with Crippen LogP contribution in [0.2, 0.25) is 0 Å². The van der Waals surface area contributed by atoms with E-state index in [4.69, 9.17) is 9.47 Å². The Kier molecular flexibility index (Phi) is 3.10. The van der Waals surface area contributed by atoms with Gasteiger partial charge in [-0.1, -0.05) is 13.8 Å². The zero-order chi connectivity index (χ0) is 10.0. The third-order valence-corrected chi connectivity index (χ3v) is 3.33. The summed E-state index contributed by atoms with van der Waals surface area (Å²) in [6.07, 6.45) is 1.15. The molecule has 0 saturated carbocycles. The Balaban J connectivity index is 1.73. The summed E-state index contributed by atoms with van der Waals surface area (Å²) in [5.41, 5.74) is 0.387. The predicted molar refractivity (Wildman–Crippen MR) is 55.3 cm³/mol. The Morgan fingerprint density at radius 2 is 2.14 bits per heavy atom. The molecule has 2 heterocycles. The molecule has 3 nitrogen and oxygen atoms in total. The zero-order valence-electron chi connectivity index (χ0n) is 9.21. The second-order valence-electron chi connectivity index (χ2n) is 5.13. The maximum Gasteiger partial charge on any atom is 0.0554 e. The Morgan fingerprint density at radius 1 is 1.36 bits per heavy atom. The van der Waals surface area contributed by atoms with Gasteiger partial charge in [0, 0.05) is 24.6 Å². The van der Waals surface area contributed by atoms with Gasteiger partial charge in [-0.3, -0.25) is 0 Å². The first-order chi connectivity index (χ1) is 6.70. The molecule has 14 heavy (non-hydrogen) atoms. The lowest BCUT2D eigenvalue weighted by atomic mass is 9.87. The van der Waals surface area contributed by atoms with Crippen LogP contribution in [0, 0.1) is 11.3 Å². The maximum atomic E-state index is 5.42. The van der Waals surface area contributed by atoms with Gasteiger partial charge >= 0.3 is 0 Å². The van der Waals surface area contributed by atoms with Gasteiger partial charge in [0.15, 0.2) is 0 Å². The Hall–Kier alpha value is -0.120. The first-order valence-electron chi connectivity index (χ1n) is 5.58. The van der Waals surface area contributed by atoms with Gasteiger partial charge in [0.25, 0.3) is 0 Å². The van der Waals surface area contributed by atoms with Crippen molar-refractivity contribution in [3.63, 3.8) is 0 Å². The van der Waals surface area contributed by atoms with E-state index in [2.05, 4.69) is 19.2 Å². The Labute approximate surface area is 86.2 Å². The highest BCUT2D eigenvalue weighted by atomic mass is 16.5. The van der Waals surface area contributed by atoms with E-state index in [9.17, 15) is 0 Å². The normalized spacial score (nSPS) is 36.4. The molecule has 0 aromatic heterocycles. The van der Waals surface area contributed by atoms with Gasteiger partial charge in [-0.15, -0.1) is 0 Å². The molecule has 2 saturated heterocycles. The third-order valence-electron chi connectivity index (χ3n) is 3.33. The quantitative estimate of drug-likeness (QED) is 0.736. The molecule has 2 rings (SSSR count). The predicted octanol–water partition coefficient (Wildman–Crippen LogP) is 1.04. The van der Waals surface area contributed by atoms with Crippen molar-refractivity contribution in [2.75, 3.05) is 33.0 Å². The minimum Gasteiger partial charge on any atom is -0.381 e. The topological polar surface area (TPSA) is 30.5 Å². The molecular formula is C11H21NO2. The van der Waals surface area contributed by atoms with Crippen molar-refractivity contribution in [2.45, 2.75) is 26.3 Å². The summed E-state index contributed by atoms with van der Waals surface area (Å²) in [5, 5.41) is 3.65. The smallest absolute Gasteiger partial charge is 0.0554 e. The van der Waals surface area contributed by atoms with E-state index in [0.717, 1.165) is 39.4 Å². The monoisotopic (exact) mass is 199 g/mol. The molecule has 0 aromatic carbocycles. The number of hydrogen-bond acceptors (Lipinski definition) is 3. The molecule has 0 aromatic rings. The Morgan fingerprint density at radius 3 is 2.71 bits per heavy atom. The second kappa shape index (κ2) is 4.17. The van der Waals surface area contributed by atoms with Gasteiger partial charge in [0.2, 0.25) is 0 Å². The third kappa shape index (κ3) is 2.27. The molecule has 2 fully saturated rings. The molecule has 0 amide bonds. The molecule has 0 radical (unpaired) electrons.